The van der Waals surface area contributed by atoms with E-state index in [1.54, 1.807) is 0 Å². The third-order valence-corrected chi connectivity index (χ3v) is 6.31. The summed E-state index contributed by atoms with van der Waals surface area (Å²) < 4.78 is 0. The molecule has 2 unspecified atom stereocenters. The maximum Gasteiger partial charge on any atom is 0.244 e. The molecule has 1 aliphatic heterocycles. The van der Waals surface area contributed by atoms with Crippen molar-refractivity contribution in [2.75, 3.05) is 11.9 Å². The van der Waals surface area contributed by atoms with Crippen molar-refractivity contribution in [3.63, 3.8) is 0 Å². The molecule has 2 aromatic rings. The number of carbonyl (C=O) groups excluding carboxylic acids is 3. The molecule has 30 heavy (non-hydrogen) atoms. The van der Waals surface area contributed by atoms with Crippen LogP contribution in [0, 0.1) is 11.8 Å². The second-order valence-electron chi connectivity index (χ2n) is 8.41. The largest absolute Gasteiger partial charge is 0.354 e. The van der Waals surface area contributed by atoms with Crippen LogP contribution < -0.4 is 10.6 Å². The average molecular weight is 405 g/mol. The fraction of sp³-hybridized carbons (Fsp3) is 0.400. The van der Waals surface area contributed by atoms with Crippen LogP contribution in [0.3, 0.4) is 0 Å². The Morgan fingerprint density at radius 3 is 2.33 bits per heavy atom. The van der Waals surface area contributed by atoms with Crippen LogP contribution in [0.15, 0.2) is 54.6 Å². The normalized spacial score (nSPS) is 22.4. The van der Waals surface area contributed by atoms with Gasteiger partial charge in [0.25, 0.3) is 0 Å². The van der Waals surface area contributed by atoms with E-state index in [-0.39, 0.29) is 12.3 Å². The van der Waals surface area contributed by atoms with Crippen LogP contribution in [0.4, 0.5) is 5.69 Å². The highest BCUT2D eigenvalue weighted by Crippen LogP contribution is 2.33. The molecule has 2 N–H and O–H groups in total. The van der Waals surface area contributed by atoms with Crippen molar-refractivity contribution in [1.82, 2.24) is 5.32 Å². The molecule has 0 aromatic heterocycles. The second-order valence-corrected chi connectivity index (χ2v) is 8.41. The maximum atomic E-state index is 12.9. The number of ketones is 1. The zero-order valence-corrected chi connectivity index (χ0v) is 17.1. The Labute approximate surface area is 177 Å². The lowest BCUT2D eigenvalue weighted by Crippen LogP contribution is -2.53. The summed E-state index contributed by atoms with van der Waals surface area (Å²) in [5, 5.41) is 5.50. The minimum atomic E-state index is -1.30. The van der Waals surface area contributed by atoms with Crippen LogP contribution >= 0.6 is 0 Å². The summed E-state index contributed by atoms with van der Waals surface area (Å²) in [5.74, 6) is -2.48. The highest BCUT2D eigenvalue weighted by molar-refractivity contribution is 6.23. The van der Waals surface area contributed by atoms with E-state index in [0.717, 1.165) is 5.56 Å². The van der Waals surface area contributed by atoms with Gasteiger partial charge in [-0.15, -0.1) is 0 Å². The van der Waals surface area contributed by atoms with Crippen LogP contribution in [-0.4, -0.2) is 24.1 Å². The van der Waals surface area contributed by atoms with Gasteiger partial charge in [-0.25, -0.2) is 0 Å². The highest BCUT2D eigenvalue weighted by atomic mass is 16.2. The quantitative estimate of drug-likeness (QED) is 0.744. The molecule has 2 amide bonds. The first kappa shape index (κ1) is 20.3. The smallest absolute Gasteiger partial charge is 0.244 e. The van der Waals surface area contributed by atoms with E-state index in [2.05, 4.69) is 10.6 Å². The second kappa shape index (κ2) is 9.24. The summed E-state index contributed by atoms with van der Waals surface area (Å²) in [5.41, 5.74) is 2.93. The van der Waals surface area contributed by atoms with E-state index in [0.29, 0.717) is 18.0 Å². The number of amides is 2. The van der Waals surface area contributed by atoms with Gasteiger partial charge >= 0.3 is 0 Å². The van der Waals surface area contributed by atoms with Crippen LogP contribution in [0.2, 0.25) is 0 Å². The Hall–Kier alpha value is -2.95. The van der Waals surface area contributed by atoms with Gasteiger partial charge < -0.3 is 10.6 Å². The third kappa shape index (κ3) is 4.61. The molecule has 1 saturated carbocycles. The van der Waals surface area contributed by atoms with E-state index >= 15 is 0 Å². The first-order valence-electron chi connectivity index (χ1n) is 10.9. The molecule has 156 valence electrons. The van der Waals surface area contributed by atoms with Crippen molar-refractivity contribution in [3.8, 4) is 0 Å². The highest BCUT2D eigenvalue weighted by Gasteiger charge is 2.41. The third-order valence-electron chi connectivity index (χ3n) is 6.31. The van der Waals surface area contributed by atoms with Crippen molar-refractivity contribution >= 4 is 23.3 Å². The Morgan fingerprint density at radius 1 is 0.933 bits per heavy atom. The molecule has 5 heteroatoms. The van der Waals surface area contributed by atoms with Gasteiger partial charge in [0.05, 0.1) is 0 Å². The van der Waals surface area contributed by atoms with Crippen molar-refractivity contribution in [1.29, 1.82) is 0 Å². The minimum Gasteiger partial charge on any atom is -0.354 e. The fourth-order valence-electron chi connectivity index (χ4n) is 4.60. The molecule has 5 nitrogen and oxygen atoms in total. The van der Waals surface area contributed by atoms with Crippen molar-refractivity contribution in [2.45, 2.75) is 44.4 Å². The SMILES string of the molecule is O=C1NCC(Cc2ccccc2)C(=O)C1C(=O)Nc1ccc(C2CCCCC2)cc1. The molecule has 1 saturated heterocycles. The predicted octanol–water partition coefficient (Wildman–Crippen LogP) is 3.85. The number of benzene rings is 2. The average Bonchev–Trinajstić information content (AvgIpc) is 2.78. The molecular formula is C25H28N2O3. The molecule has 2 fully saturated rings. The van der Waals surface area contributed by atoms with Crippen LogP contribution in [0.1, 0.15) is 49.1 Å². The Kier molecular flexibility index (Phi) is 6.26. The Bertz CT molecular complexity index is 902. The van der Waals surface area contributed by atoms with Gasteiger partial charge in [-0.05, 0) is 48.4 Å². The number of carbonyl (C=O) groups is 3. The molecule has 4 rings (SSSR count). The fourth-order valence-corrected chi connectivity index (χ4v) is 4.60. The summed E-state index contributed by atoms with van der Waals surface area (Å²) in [6, 6.07) is 17.5. The lowest BCUT2D eigenvalue weighted by molar-refractivity contribution is -0.144. The lowest BCUT2D eigenvalue weighted by atomic mass is 9.83. The molecule has 2 aliphatic rings. The number of hydrogen-bond donors (Lipinski definition) is 2. The number of hydrogen-bond acceptors (Lipinski definition) is 3. The van der Waals surface area contributed by atoms with Gasteiger partial charge in [-0.1, -0.05) is 61.7 Å². The van der Waals surface area contributed by atoms with E-state index in [9.17, 15) is 14.4 Å². The van der Waals surface area contributed by atoms with Gasteiger partial charge in [0.1, 0.15) is 0 Å². The summed E-state index contributed by atoms with van der Waals surface area (Å²) in [7, 11) is 0. The predicted molar refractivity (Wildman–Crippen MR) is 116 cm³/mol. The van der Waals surface area contributed by atoms with E-state index < -0.39 is 23.7 Å². The van der Waals surface area contributed by atoms with Gasteiger partial charge in [0.2, 0.25) is 11.8 Å². The molecule has 0 radical (unpaired) electrons. The molecular weight excluding hydrogens is 376 g/mol. The number of rotatable bonds is 5. The number of piperidine rings is 1. The lowest BCUT2D eigenvalue weighted by Gasteiger charge is -2.27. The zero-order chi connectivity index (χ0) is 20.9. The van der Waals surface area contributed by atoms with Gasteiger partial charge in [0.15, 0.2) is 11.7 Å². The van der Waals surface area contributed by atoms with Crippen LogP contribution in [0.25, 0.3) is 0 Å². The van der Waals surface area contributed by atoms with Crippen LogP contribution in [-0.2, 0) is 20.8 Å². The first-order chi connectivity index (χ1) is 14.6. The molecule has 1 heterocycles. The molecule has 0 bridgehead atoms. The summed E-state index contributed by atoms with van der Waals surface area (Å²) in [4.78, 5) is 38.0. The van der Waals surface area contributed by atoms with E-state index in [1.165, 1.54) is 37.7 Å². The monoisotopic (exact) mass is 404 g/mol. The summed E-state index contributed by atoms with van der Waals surface area (Å²) in [6.07, 6.45) is 6.79. The van der Waals surface area contributed by atoms with Crippen LogP contribution in [0.5, 0.6) is 0 Å². The zero-order valence-electron chi connectivity index (χ0n) is 17.1. The summed E-state index contributed by atoms with van der Waals surface area (Å²) in [6.45, 7) is 0.270. The van der Waals surface area contributed by atoms with E-state index in [1.807, 2.05) is 54.6 Å². The molecule has 0 spiro atoms. The van der Waals surface area contributed by atoms with Gasteiger partial charge in [0, 0.05) is 18.2 Å². The molecule has 2 aromatic carbocycles. The van der Waals surface area contributed by atoms with E-state index in [4.69, 9.17) is 0 Å². The Morgan fingerprint density at radius 2 is 1.63 bits per heavy atom. The number of Topliss-reactive ketones (excluding diaryl/α,β-unsaturated/α-hetero) is 1. The molecule has 2 atom stereocenters. The first-order valence-corrected chi connectivity index (χ1v) is 10.9. The van der Waals surface area contributed by atoms with Gasteiger partial charge in [-0.3, -0.25) is 14.4 Å². The van der Waals surface area contributed by atoms with Crippen molar-refractivity contribution in [3.05, 3.63) is 65.7 Å². The Balaban J connectivity index is 1.41. The molecule has 1 aliphatic carbocycles. The standard InChI is InChI=1S/C25H28N2O3/c28-23-20(15-17-7-3-1-4-8-17)16-26-24(29)22(23)25(30)27-21-13-11-19(12-14-21)18-9-5-2-6-10-18/h1,3-4,7-8,11-14,18,20,22H,2,5-6,9-10,15-16H2,(H,26,29)(H,27,30). The van der Waals surface area contributed by atoms with Crippen molar-refractivity contribution in [2.24, 2.45) is 11.8 Å². The van der Waals surface area contributed by atoms with Gasteiger partial charge in [-0.2, -0.15) is 0 Å². The van der Waals surface area contributed by atoms with Crippen molar-refractivity contribution < 1.29 is 14.4 Å². The number of nitrogens with one attached hydrogen (secondary N) is 2. The number of anilines is 1. The topological polar surface area (TPSA) is 75.3 Å². The minimum absolute atomic E-state index is 0.270. The summed E-state index contributed by atoms with van der Waals surface area (Å²) >= 11 is 0. The maximum absolute atomic E-state index is 12.9.